The standard InChI is InChI=1S/C10H9IN2O4.C10H8INO5.C10H10INO4.C10H12INO2.C9H9IN2O2.C9H8INO3/c11-4-7(14)13-8-5(9(12)15)2-1-3-6(8)10(16)17;11-4-7(13)12-8-5(9(14)15)2-1-3-6(8)10(16)17;11-4-5-16-10(15)7-3-1-2-6(8(7)12)9(13)14;1-12-9-5-3-2-4-8(9)10(13)14-7-6-11;10-5-8(13)12-7-4-2-1-3-6(7)9(11)14;10-5-8(12)11-7-4-2-1-3-6(7)9(13)14/h1-3H,4H2,(H2,12,15)(H,13,14)(H,16,17);1-3H,4H2,(H,12,13)(H,14,15)(H,16,17);1-3H,4-5,12H2,(H,13,14);2-5,12H,6-7H2,1H3;1-4H,5H2,(H2,11,14)(H,12,13);1-4H,5H2,(H,11,12)(H,13,14). The monoisotopic (exact) mass is 1950 g/mol. The molecule has 0 fully saturated rings. The maximum Gasteiger partial charge on any atom is 0.340 e. The van der Waals surface area contributed by atoms with Crippen molar-refractivity contribution in [3.05, 3.63) is 177 Å². The van der Waals surface area contributed by atoms with Crippen molar-refractivity contribution in [3.63, 3.8) is 0 Å². The third kappa shape index (κ3) is 28.9. The largest absolute Gasteiger partial charge is 0.478 e. The second-order valence-corrected chi connectivity index (χ2v) is 21.9. The van der Waals surface area contributed by atoms with Gasteiger partial charge in [-0.1, -0.05) is 190 Å². The van der Waals surface area contributed by atoms with E-state index in [1.54, 1.807) is 78.2 Å². The molecule has 6 amide bonds. The first-order chi connectivity index (χ1) is 43.6. The number of carboxylic acids is 5. The predicted octanol–water partition coefficient (Wildman–Crippen LogP) is 9.11. The van der Waals surface area contributed by atoms with Crippen molar-refractivity contribution >= 4 is 247 Å². The molecule has 0 saturated carbocycles. The number of carboxylic acid groups (broad SMARTS) is 5. The third-order valence-electron chi connectivity index (χ3n) is 10.6. The fourth-order valence-electron chi connectivity index (χ4n) is 6.64. The van der Waals surface area contributed by atoms with E-state index in [0.29, 0.717) is 42.4 Å². The summed E-state index contributed by atoms with van der Waals surface area (Å²) < 4.78 is 12.3. The molecule has 0 aliphatic rings. The lowest BCUT2D eigenvalue weighted by Crippen LogP contribution is -2.21. The van der Waals surface area contributed by atoms with Crippen molar-refractivity contribution in [1.82, 2.24) is 0 Å². The molecule has 0 spiro atoms. The Bertz CT molecular complexity index is 3410. The number of amides is 6. The van der Waals surface area contributed by atoms with Crippen LogP contribution in [0.15, 0.2) is 127 Å². The SMILES string of the molecule is CNc1ccccc1C(=O)OCCI.NC(=O)c1cccc(C(=O)O)c1NC(=O)CI.NC(=O)c1ccccc1NC(=O)CI.Nc1c(C(=O)O)cccc1C(=O)OCCI.O=C(CI)Nc1c(C(=O)O)cccc1C(=O)O.O=C(CI)Nc1ccccc1C(=O)O. The maximum absolute atomic E-state index is 11.5. The van der Waals surface area contributed by atoms with E-state index in [0.717, 1.165) is 10.1 Å². The molecule has 0 bridgehead atoms. The molecule has 6 aromatic rings. The topological polar surface area (TPSA) is 480 Å². The molecule has 0 aliphatic carbocycles. The van der Waals surface area contributed by atoms with E-state index in [1.807, 2.05) is 86.0 Å². The van der Waals surface area contributed by atoms with Gasteiger partial charge in [0.15, 0.2) is 0 Å². The number of nitrogen functional groups attached to an aromatic ring is 1. The van der Waals surface area contributed by atoms with Crippen LogP contribution in [0, 0.1) is 0 Å². The van der Waals surface area contributed by atoms with Crippen molar-refractivity contribution in [2.24, 2.45) is 11.5 Å². The molecule has 34 heteroatoms. The Balaban J connectivity index is 0.000000553. The summed E-state index contributed by atoms with van der Waals surface area (Å²) in [6.45, 7) is 0.730. The van der Waals surface area contributed by atoms with Crippen LogP contribution in [0.3, 0.4) is 0 Å². The highest BCUT2D eigenvalue weighted by Gasteiger charge is 2.22. The second kappa shape index (κ2) is 44.8. The molecule has 0 aliphatic heterocycles. The molecular formula is C58H56I6N8O20. The average Bonchev–Trinajstić information content (AvgIpc) is 1.12. The molecule has 6 rings (SSSR count). The number of rotatable bonds is 22. The van der Waals surface area contributed by atoms with E-state index in [4.69, 9.17) is 52.2 Å². The summed E-state index contributed by atoms with van der Waals surface area (Å²) in [6.07, 6.45) is 0. The second-order valence-electron chi connectivity index (χ2n) is 16.7. The van der Waals surface area contributed by atoms with E-state index in [2.05, 4.69) is 71.8 Å². The number of ether oxygens (including phenoxy) is 2. The number of hydrogen-bond acceptors (Lipinski definition) is 17. The molecular weight excluding hydrogens is 1890 g/mol. The van der Waals surface area contributed by atoms with E-state index in [-0.39, 0.29) is 89.3 Å². The Kier molecular flexibility index (Phi) is 40.2. The quantitative estimate of drug-likeness (QED) is 0.0130. The number of benzene rings is 6. The first-order valence-corrected chi connectivity index (χ1v) is 34.5. The van der Waals surface area contributed by atoms with Gasteiger partial charge in [0.2, 0.25) is 23.6 Å². The number of alkyl halides is 6. The number of nitrogens with two attached hydrogens (primary N) is 3. The molecule has 28 nitrogen and oxygen atoms in total. The Morgan fingerprint density at radius 1 is 0.359 bits per heavy atom. The van der Waals surface area contributed by atoms with Gasteiger partial charge < -0.3 is 78.8 Å². The Morgan fingerprint density at radius 2 is 0.641 bits per heavy atom. The number of nitrogens with one attached hydrogen (secondary N) is 5. The molecule has 16 N–H and O–H groups in total. The molecule has 0 atom stereocenters. The molecule has 6 aromatic carbocycles. The van der Waals surface area contributed by atoms with Crippen LogP contribution in [0.1, 0.15) is 93.2 Å². The zero-order valence-corrected chi connectivity index (χ0v) is 60.6. The zero-order chi connectivity index (χ0) is 69.6. The molecule has 0 heterocycles. The minimum atomic E-state index is -1.29. The summed E-state index contributed by atoms with van der Waals surface area (Å²) in [5, 5.41) is 57.1. The van der Waals surface area contributed by atoms with Crippen LogP contribution >= 0.6 is 136 Å². The molecule has 0 saturated heterocycles. The van der Waals surface area contributed by atoms with Gasteiger partial charge in [0.25, 0.3) is 11.8 Å². The molecule has 0 radical (unpaired) electrons. The van der Waals surface area contributed by atoms with Crippen molar-refractivity contribution in [1.29, 1.82) is 0 Å². The summed E-state index contributed by atoms with van der Waals surface area (Å²) in [6, 6.07) is 32.3. The summed E-state index contributed by atoms with van der Waals surface area (Å²) in [5.74, 6) is -9.47. The van der Waals surface area contributed by atoms with E-state index in [9.17, 15) is 62.3 Å². The summed E-state index contributed by atoms with van der Waals surface area (Å²) in [5.41, 5.74) is 17.4. The number of esters is 2. The van der Waals surface area contributed by atoms with Crippen LogP contribution in [0.5, 0.6) is 0 Å². The maximum atomic E-state index is 11.5. The number of halogens is 6. The van der Waals surface area contributed by atoms with E-state index >= 15 is 0 Å². The fourth-order valence-corrected chi connectivity index (χ4v) is 7.84. The van der Waals surface area contributed by atoms with Crippen LogP contribution in [-0.4, -0.2) is 150 Å². The summed E-state index contributed by atoms with van der Waals surface area (Å²) in [4.78, 5) is 144. The van der Waals surface area contributed by atoms with Gasteiger partial charge in [-0.05, 0) is 72.8 Å². The van der Waals surface area contributed by atoms with Crippen molar-refractivity contribution in [3.8, 4) is 0 Å². The number of carbonyl (C=O) groups is 13. The van der Waals surface area contributed by atoms with Gasteiger partial charge >= 0.3 is 41.8 Å². The van der Waals surface area contributed by atoms with Crippen LogP contribution in [0.25, 0.3) is 0 Å². The molecule has 92 heavy (non-hydrogen) atoms. The van der Waals surface area contributed by atoms with Crippen molar-refractivity contribution in [2.75, 3.05) is 79.1 Å². The summed E-state index contributed by atoms with van der Waals surface area (Å²) >= 11 is 11.7. The third-order valence-corrected chi connectivity index (χ3v) is 14.2. The van der Waals surface area contributed by atoms with Gasteiger partial charge in [-0.2, -0.15) is 0 Å². The first-order valence-electron chi connectivity index (χ1n) is 25.4. The van der Waals surface area contributed by atoms with Crippen LogP contribution in [0.4, 0.5) is 34.1 Å². The number of primary amides is 2. The van der Waals surface area contributed by atoms with Gasteiger partial charge in [-0.3, -0.25) is 28.8 Å². The van der Waals surface area contributed by atoms with Gasteiger partial charge in [-0.15, -0.1) is 0 Å². The summed E-state index contributed by atoms with van der Waals surface area (Å²) in [7, 11) is 1.78. The van der Waals surface area contributed by atoms with Crippen LogP contribution < -0.4 is 43.8 Å². The van der Waals surface area contributed by atoms with E-state index < -0.39 is 59.4 Å². The molecule has 0 aromatic heterocycles. The predicted molar refractivity (Wildman–Crippen MR) is 393 cm³/mol. The van der Waals surface area contributed by atoms with Gasteiger partial charge in [0, 0.05) is 21.6 Å². The highest BCUT2D eigenvalue weighted by Crippen LogP contribution is 2.24. The molecule has 0 unspecified atom stereocenters. The number of hydrogen-bond donors (Lipinski definition) is 13. The van der Waals surface area contributed by atoms with Crippen molar-refractivity contribution in [2.45, 2.75) is 0 Å². The normalized spacial score (nSPS) is 9.64. The van der Waals surface area contributed by atoms with Gasteiger partial charge in [0.1, 0.15) is 13.2 Å². The Hall–Kier alpha value is -7.59. The number of aromatic carboxylic acids is 5. The highest BCUT2D eigenvalue weighted by molar-refractivity contribution is 14.1. The Labute approximate surface area is 605 Å². The average molecular weight is 1950 g/mol. The first kappa shape index (κ1) is 82.4. The van der Waals surface area contributed by atoms with E-state index in [1.165, 1.54) is 60.7 Å². The van der Waals surface area contributed by atoms with Gasteiger partial charge in [0.05, 0.1) is 96.2 Å². The van der Waals surface area contributed by atoms with Crippen LogP contribution in [-0.2, 0) is 28.7 Å². The van der Waals surface area contributed by atoms with Gasteiger partial charge in [-0.25, -0.2) is 33.6 Å². The zero-order valence-electron chi connectivity index (χ0n) is 47.6. The Morgan fingerprint density at radius 3 is 1.00 bits per heavy atom. The van der Waals surface area contributed by atoms with Crippen LogP contribution in [0.2, 0.25) is 0 Å². The lowest BCUT2D eigenvalue weighted by atomic mass is 10.1. The minimum Gasteiger partial charge on any atom is -0.478 e. The fraction of sp³-hybridized carbons (Fsp3) is 0.155. The minimum absolute atomic E-state index is 0.0249. The number of carbonyl (C=O) groups excluding carboxylic acids is 8. The number of anilines is 6. The lowest BCUT2D eigenvalue weighted by Gasteiger charge is -2.10. The van der Waals surface area contributed by atoms with Crippen molar-refractivity contribution < 1.29 is 97.3 Å². The lowest BCUT2D eigenvalue weighted by molar-refractivity contribution is -0.114. The number of para-hydroxylation sites is 6. The smallest absolute Gasteiger partial charge is 0.340 e. The molecule has 490 valence electrons. The highest BCUT2D eigenvalue weighted by atomic mass is 127.